The number of benzene rings is 1. The van der Waals surface area contributed by atoms with Gasteiger partial charge in [0.25, 0.3) is 0 Å². The lowest BCUT2D eigenvalue weighted by molar-refractivity contribution is -0.568. The molecule has 0 aliphatic carbocycles. The van der Waals surface area contributed by atoms with Crippen molar-refractivity contribution in [1.82, 2.24) is 0 Å². The Balaban J connectivity index is 0.00000220. The Morgan fingerprint density at radius 2 is 1.67 bits per heavy atom. The van der Waals surface area contributed by atoms with Crippen molar-refractivity contribution in [3.8, 4) is 0 Å². The molecule has 3 nitrogen and oxygen atoms in total. The molecule has 1 aromatic heterocycles. The summed E-state index contributed by atoms with van der Waals surface area (Å²) in [6.07, 6.45) is 7.16. The molecule has 0 unspecified atom stereocenters. The Kier molecular flexibility index (Phi) is 6.59. The first-order chi connectivity index (χ1) is 9.56. The highest BCUT2D eigenvalue weighted by Crippen LogP contribution is 2.11. The molecule has 0 atom stereocenters. The third-order valence-corrected chi connectivity index (χ3v) is 3.41. The van der Waals surface area contributed by atoms with Crippen LogP contribution in [0.25, 0.3) is 6.20 Å². The summed E-state index contributed by atoms with van der Waals surface area (Å²) in [4.78, 5) is 14.0. The molecule has 0 saturated heterocycles. The second-order valence-electron chi connectivity index (χ2n) is 4.58. The molecule has 0 amide bonds. The molecule has 0 aliphatic rings. The molecule has 1 aromatic carbocycles. The average molecular weight is 368 g/mol. The quantitative estimate of drug-likeness (QED) is 0.437. The number of rotatable bonds is 4. The van der Waals surface area contributed by atoms with Gasteiger partial charge in [-0.2, -0.15) is 4.57 Å². The molecular weight excluding hydrogens is 352 g/mol. The molecule has 0 saturated carbocycles. The van der Waals surface area contributed by atoms with Crippen LogP contribution >= 0.6 is 15.9 Å². The Labute approximate surface area is 139 Å². The van der Waals surface area contributed by atoms with Crippen molar-refractivity contribution < 1.29 is 21.8 Å². The number of nitrogens with zero attached hydrogens (tertiary/aromatic N) is 2. The number of carbonyl (C=O) groups is 1. The Morgan fingerprint density at radius 1 is 1.10 bits per heavy atom. The smallest absolute Gasteiger partial charge is 0.191 e. The summed E-state index contributed by atoms with van der Waals surface area (Å²) < 4.78 is 2.82. The van der Waals surface area contributed by atoms with Crippen LogP contribution in [0.3, 0.4) is 0 Å². The lowest BCUT2D eigenvalue weighted by atomic mass is 10.1. The first-order valence-electron chi connectivity index (χ1n) is 6.22. The molecule has 0 bridgehead atoms. The lowest BCUT2D eigenvalue weighted by Gasteiger charge is -2.09. The maximum Gasteiger partial charge on any atom is 0.191 e. The van der Waals surface area contributed by atoms with E-state index < -0.39 is 0 Å². The summed E-state index contributed by atoms with van der Waals surface area (Å²) in [5.41, 5.74) is 1.80. The van der Waals surface area contributed by atoms with Crippen LogP contribution < -0.4 is 21.9 Å². The van der Waals surface area contributed by atoms with Gasteiger partial charge < -0.3 is 17.3 Å². The zero-order valence-corrected chi connectivity index (χ0v) is 14.2. The number of pyridine rings is 1. The van der Waals surface area contributed by atoms with Gasteiger partial charge in [-0.1, -0.05) is 15.9 Å². The number of hydrogen-bond acceptors (Lipinski definition) is 2. The fraction of sp³-hybridized carbons (Fsp3) is 0.125. The van der Waals surface area contributed by atoms with Gasteiger partial charge in [-0.25, -0.2) is 0 Å². The second kappa shape index (κ2) is 7.96. The van der Waals surface area contributed by atoms with Crippen molar-refractivity contribution in [2.45, 2.75) is 0 Å². The number of allylic oxidation sites excluding steroid dienone is 1. The van der Waals surface area contributed by atoms with E-state index in [0.717, 1.165) is 10.2 Å². The van der Waals surface area contributed by atoms with Crippen molar-refractivity contribution in [3.05, 3.63) is 64.9 Å². The summed E-state index contributed by atoms with van der Waals surface area (Å²) in [7, 11) is 3.99. The van der Waals surface area contributed by atoms with Crippen molar-refractivity contribution in [2.75, 3.05) is 19.0 Å². The third-order valence-electron chi connectivity index (χ3n) is 2.88. The van der Waals surface area contributed by atoms with Crippen LogP contribution in [0.5, 0.6) is 0 Å². The number of carbonyl (C=O) groups excluding carboxylic acids is 1. The van der Waals surface area contributed by atoms with Gasteiger partial charge in [-0.3, -0.25) is 4.79 Å². The fourth-order valence-corrected chi connectivity index (χ4v) is 1.96. The number of hydrogen-bond donors (Lipinski definition) is 0. The van der Waals surface area contributed by atoms with E-state index in [1.54, 1.807) is 24.4 Å². The van der Waals surface area contributed by atoms with Gasteiger partial charge in [-0.15, -0.1) is 0 Å². The van der Waals surface area contributed by atoms with Crippen molar-refractivity contribution >= 4 is 33.6 Å². The van der Waals surface area contributed by atoms with E-state index in [2.05, 4.69) is 15.9 Å². The van der Waals surface area contributed by atoms with E-state index >= 15 is 0 Å². The van der Waals surface area contributed by atoms with Gasteiger partial charge in [0.1, 0.15) is 0 Å². The Bertz CT molecular complexity index is 622. The lowest BCUT2D eigenvalue weighted by Crippen LogP contribution is -3.00. The van der Waals surface area contributed by atoms with E-state index in [0.29, 0.717) is 5.56 Å². The summed E-state index contributed by atoms with van der Waals surface area (Å²) in [5, 5.41) is 0. The number of ketones is 1. The van der Waals surface area contributed by atoms with E-state index in [1.165, 1.54) is 0 Å². The van der Waals surface area contributed by atoms with Crippen LogP contribution in [0, 0.1) is 0 Å². The summed E-state index contributed by atoms with van der Waals surface area (Å²) in [6.45, 7) is 0. The van der Waals surface area contributed by atoms with E-state index in [1.807, 2.05) is 60.2 Å². The topological polar surface area (TPSA) is 24.2 Å². The predicted octanol–water partition coefficient (Wildman–Crippen LogP) is 0.160. The monoisotopic (exact) mass is 366 g/mol. The normalized spacial score (nSPS) is 10.2. The zero-order chi connectivity index (χ0) is 14.5. The van der Waals surface area contributed by atoms with Gasteiger partial charge in [0.2, 0.25) is 0 Å². The van der Waals surface area contributed by atoms with Crippen molar-refractivity contribution in [3.63, 3.8) is 0 Å². The van der Waals surface area contributed by atoms with Crippen molar-refractivity contribution in [1.29, 1.82) is 0 Å². The van der Waals surface area contributed by atoms with E-state index in [-0.39, 0.29) is 18.2 Å². The van der Waals surface area contributed by atoms with Crippen LogP contribution in [-0.2, 0) is 0 Å². The minimum atomic E-state index is -0.0123. The van der Waals surface area contributed by atoms with Crippen molar-refractivity contribution in [2.24, 2.45) is 0 Å². The molecule has 0 radical (unpaired) electrons. The highest BCUT2D eigenvalue weighted by atomic mass is 79.9. The Hall–Kier alpha value is -1.65. The SMILES string of the molecule is CN(C)c1cc[n+](C=CC(=O)c2ccc(Br)cc2)cc1.[Cl-]. The van der Waals surface area contributed by atoms with Gasteiger partial charge in [0.05, 0.1) is 6.08 Å². The van der Waals surface area contributed by atoms with Gasteiger partial charge in [0.15, 0.2) is 24.4 Å². The first kappa shape index (κ1) is 17.4. The summed E-state index contributed by atoms with van der Waals surface area (Å²) >= 11 is 3.35. The fourth-order valence-electron chi connectivity index (χ4n) is 1.69. The minimum Gasteiger partial charge on any atom is -1.00 e. The molecular formula is C16H16BrClN2O. The van der Waals surface area contributed by atoms with Gasteiger partial charge in [0, 0.05) is 42.0 Å². The molecule has 1 heterocycles. The predicted molar refractivity (Wildman–Crippen MR) is 84.8 cm³/mol. The molecule has 0 aliphatic heterocycles. The number of anilines is 1. The molecule has 21 heavy (non-hydrogen) atoms. The van der Waals surface area contributed by atoms with Crippen LogP contribution in [0.2, 0.25) is 0 Å². The average Bonchev–Trinajstić information content (AvgIpc) is 2.46. The standard InChI is InChI=1S/C16H16BrN2O.ClH/c1-18(2)15-7-10-19(11-8-15)12-9-16(20)13-3-5-14(17)6-4-13;/h3-12H,1-2H3;1H/q+1;/p-1. The van der Waals surface area contributed by atoms with Crippen LogP contribution in [0.1, 0.15) is 10.4 Å². The maximum absolute atomic E-state index is 12.0. The molecule has 2 aromatic rings. The molecule has 5 heteroatoms. The van der Waals surface area contributed by atoms with E-state index in [4.69, 9.17) is 0 Å². The highest BCUT2D eigenvalue weighted by molar-refractivity contribution is 9.10. The number of aromatic nitrogens is 1. The highest BCUT2D eigenvalue weighted by Gasteiger charge is 2.03. The zero-order valence-electron chi connectivity index (χ0n) is 11.8. The first-order valence-corrected chi connectivity index (χ1v) is 7.02. The van der Waals surface area contributed by atoms with Crippen LogP contribution in [-0.4, -0.2) is 19.9 Å². The van der Waals surface area contributed by atoms with Gasteiger partial charge >= 0.3 is 0 Å². The number of halogens is 2. The molecule has 2 rings (SSSR count). The largest absolute Gasteiger partial charge is 1.00 e. The maximum atomic E-state index is 12.0. The van der Waals surface area contributed by atoms with Crippen LogP contribution in [0.15, 0.2) is 59.3 Å². The second-order valence-corrected chi connectivity index (χ2v) is 5.50. The molecule has 110 valence electrons. The molecule has 0 spiro atoms. The minimum absolute atomic E-state index is 0. The molecule has 0 N–H and O–H groups in total. The summed E-state index contributed by atoms with van der Waals surface area (Å²) in [6, 6.07) is 11.3. The third kappa shape index (κ3) is 4.99. The summed E-state index contributed by atoms with van der Waals surface area (Å²) in [5.74, 6) is -0.0123. The van der Waals surface area contributed by atoms with Crippen LogP contribution in [0.4, 0.5) is 5.69 Å². The van der Waals surface area contributed by atoms with E-state index in [9.17, 15) is 4.79 Å². The van der Waals surface area contributed by atoms with Gasteiger partial charge in [-0.05, 0) is 24.3 Å². The molecule has 0 fully saturated rings. The Morgan fingerprint density at radius 3 is 2.19 bits per heavy atom.